The number of anilines is 1. The molecule has 2 aromatic heterocycles. The molecule has 0 spiro atoms. The summed E-state index contributed by atoms with van der Waals surface area (Å²) in [4.78, 5) is 7.40. The zero-order chi connectivity index (χ0) is 19.2. The van der Waals surface area contributed by atoms with Crippen LogP contribution in [0.1, 0.15) is 17.5 Å². The number of nitrogens with zero attached hydrogens (tertiary/aromatic N) is 3. The number of hydrogen-bond acceptors (Lipinski definition) is 3. The molecular weight excluding hydrogens is 358 g/mol. The van der Waals surface area contributed by atoms with Crippen molar-refractivity contribution in [3.8, 4) is 11.4 Å². The summed E-state index contributed by atoms with van der Waals surface area (Å²) >= 11 is 0. The van der Waals surface area contributed by atoms with Crippen molar-refractivity contribution in [2.24, 2.45) is 0 Å². The molecule has 0 amide bonds. The van der Waals surface area contributed by atoms with Crippen LogP contribution in [0.3, 0.4) is 0 Å². The second kappa shape index (κ2) is 6.38. The van der Waals surface area contributed by atoms with E-state index in [0.717, 1.165) is 34.7 Å². The normalized spacial score (nSPS) is 15.3. The molecule has 140 valence electrons. The Bertz CT molecular complexity index is 1290. The Morgan fingerprint density at radius 3 is 2.45 bits per heavy atom. The fourth-order valence-corrected chi connectivity index (χ4v) is 4.34. The second-order valence-electron chi connectivity index (χ2n) is 7.31. The lowest BCUT2D eigenvalue weighted by Crippen LogP contribution is -2.36. The van der Waals surface area contributed by atoms with Crippen LogP contribution in [0.4, 0.5) is 5.69 Å². The summed E-state index contributed by atoms with van der Waals surface area (Å²) in [5, 5.41) is 0. The first-order chi connectivity index (χ1) is 14.4. The predicted molar refractivity (Wildman–Crippen MR) is 115 cm³/mol. The lowest BCUT2D eigenvalue weighted by Gasteiger charge is -2.39. The molecule has 0 saturated carbocycles. The van der Waals surface area contributed by atoms with E-state index in [1.807, 2.05) is 12.1 Å². The summed E-state index contributed by atoms with van der Waals surface area (Å²) in [5.74, 6) is 1.88. The van der Waals surface area contributed by atoms with Crippen LogP contribution in [-0.4, -0.2) is 9.55 Å². The van der Waals surface area contributed by atoms with Crippen LogP contribution in [0.15, 0.2) is 102 Å². The number of aromatic nitrogens is 2. The van der Waals surface area contributed by atoms with Gasteiger partial charge in [-0.15, -0.1) is 0 Å². The minimum atomic E-state index is -0.109. The third-order valence-electron chi connectivity index (χ3n) is 5.58. The van der Waals surface area contributed by atoms with Crippen molar-refractivity contribution in [3.05, 3.63) is 109 Å². The van der Waals surface area contributed by atoms with Crippen molar-refractivity contribution in [3.63, 3.8) is 0 Å². The molecule has 1 atom stereocenters. The van der Waals surface area contributed by atoms with Gasteiger partial charge >= 0.3 is 0 Å². The first-order valence-corrected chi connectivity index (χ1v) is 9.80. The zero-order valence-electron chi connectivity index (χ0n) is 15.8. The maximum absolute atomic E-state index is 5.94. The van der Waals surface area contributed by atoms with Crippen LogP contribution in [0.25, 0.3) is 22.4 Å². The Morgan fingerprint density at radius 2 is 1.59 bits per heavy atom. The van der Waals surface area contributed by atoms with E-state index >= 15 is 0 Å². The molecule has 5 aromatic rings. The Kier molecular flexibility index (Phi) is 3.56. The Hall–Kier alpha value is -3.79. The fourth-order valence-electron chi connectivity index (χ4n) is 4.34. The van der Waals surface area contributed by atoms with E-state index in [1.54, 1.807) is 6.26 Å². The molecule has 29 heavy (non-hydrogen) atoms. The molecule has 1 aliphatic heterocycles. The van der Waals surface area contributed by atoms with Gasteiger partial charge in [0, 0.05) is 17.8 Å². The zero-order valence-corrected chi connectivity index (χ0v) is 15.8. The summed E-state index contributed by atoms with van der Waals surface area (Å²) in [6.07, 6.45) is 1.64. The van der Waals surface area contributed by atoms with E-state index in [2.05, 4.69) is 88.3 Å². The molecule has 0 N–H and O–H groups in total. The molecule has 3 heterocycles. The van der Waals surface area contributed by atoms with E-state index in [1.165, 1.54) is 11.3 Å². The Morgan fingerprint density at radius 1 is 0.793 bits per heavy atom. The molecule has 0 saturated heterocycles. The largest absolute Gasteiger partial charge is 0.465 e. The summed E-state index contributed by atoms with van der Waals surface area (Å²) in [6, 6.07) is 31.4. The number of fused-ring (bicyclic) bond motifs is 5. The summed E-state index contributed by atoms with van der Waals surface area (Å²) in [5.41, 5.74) is 5.67. The van der Waals surface area contributed by atoms with Crippen molar-refractivity contribution in [1.82, 2.24) is 9.55 Å². The van der Waals surface area contributed by atoms with Crippen molar-refractivity contribution in [2.45, 2.75) is 12.7 Å². The van der Waals surface area contributed by atoms with Gasteiger partial charge in [0.15, 0.2) is 6.17 Å². The SMILES string of the molecule is c1ccc(CN2c3ccccc3-c3nc4ccccc4n3[C@H]2c2ccco2)cc1. The molecule has 6 rings (SSSR count). The number of furan rings is 1. The van der Waals surface area contributed by atoms with Gasteiger partial charge in [0.1, 0.15) is 11.6 Å². The lowest BCUT2D eigenvalue weighted by molar-refractivity contribution is 0.414. The highest BCUT2D eigenvalue weighted by molar-refractivity contribution is 5.87. The van der Waals surface area contributed by atoms with Gasteiger partial charge in [0.05, 0.1) is 17.3 Å². The van der Waals surface area contributed by atoms with Gasteiger partial charge in [0.2, 0.25) is 0 Å². The molecule has 3 aromatic carbocycles. The monoisotopic (exact) mass is 377 g/mol. The molecule has 0 unspecified atom stereocenters. The van der Waals surface area contributed by atoms with Gasteiger partial charge in [-0.1, -0.05) is 54.6 Å². The molecule has 0 radical (unpaired) electrons. The fraction of sp³-hybridized carbons (Fsp3) is 0.0800. The van der Waals surface area contributed by atoms with E-state index < -0.39 is 0 Å². The van der Waals surface area contributed by atoms with Gasteiger partial charge in [-0.25, -0.2) is 4.98 Å². The molecule has 0 bridgehead atoms. The third kappa shape index (κ3) is 2.49. The van der Waals surface area contributed by atoms with E-state index in [9.17, 15) is 0 Å². The highest BCUT2D eigenvalue weighted by atomic mass is 16.3. The highest BCUT2D eigenvalue weighted by Crippen LogP contribution is 2.45. The van der Waals surface area contributed by atoms with Crippen LogP contribution < -0.4 is 4.90 Å². The molecule has 0 aliphatic carbocycles. The maximum atomic E-state index is 5.94. The summed E-state index contributed by atoms with van der Waals surface area (Å²) in [6.45, 7) is 0.773. The third-order valence-corrected chi connectivity index (χ3v) is 5.58. The van der Waals surface area contributed by atoms with Crippen molar-refractivity contribution in [1.29, 1.82) is 0 Å². The van der Waals surface area contributed by atoms with Gasteiger partial charge in [-0.05, 0) is 42.0 Å². The van der Waals surface area contributed by atoms with Crippen molar-refractivity contribution in [2.75, 3.05) is 4.90 Å². The molecular formula is C25H19N3O. The molecule has 4 heteroatoms. The van der Waals surface area contributed by atoms with Crippen molar-refractivity contribution < 1.29 is 4.42 Å². The van der Waals surface area contributed by atoms with Crippen LogP contribution in [0.2, 0.25) is 0 Å². The van der Waals surface area contributed by atoms with E-state index in [0.29, 0.717) is 0 Å². The minimum Gasteiger partial charge on any atom is -0.465 e. The number of para-hydroxylation sites is 3. The minimum absolute atomic E-state index is 0.109. The molecule has 1 aliphatic rings. The smallest absolute Gasteiger partial charge is 0.167 e. The van der Waals surface area contributed by atoms with Crippen LogP contribution in [-0.2, 0) is 6.54 Å². The average molecular weight is 377 g/mol. The van der Waals surface area contributed by atoms with E-state index in [4.69, 9.17) is 9.40 Å². The average Bonchev–Trinajstić information content (AvgIpc) is 3.43. The van der Waals surface area contributed by atoms with Crippen LogP contribution in [0.5, 0.6) is 0 Å². The number of benzene rings is 3. The van der Waals surface area contributed by atoms with Gasteiger partial charge < -0.3 is 9.32 Å². The van der Waals surface area contributed by atoms with E-state index in [-0.39, 0.29) is 6.17 Å². The number of hydrogen-bond donors (Lipinski definition) is 0. The Balaban J connectivity index is 1.64. The predicted octanol–water partition coefficient (Wildman–Crippen LogP) is 5.86. The quantitative estimate of drug-likeness (QED) is 0.395. The highest BCUT2D eigenvalue weighted by Gasteiger charge is 2.35. The van der Waals surface area contributed by atoms with Crippen molar-refractivity contribution >= 4 is 16.7 Å². The second-order valence-corrected chi connectivity index (χ2v) is 7.31. The molecule has 4 nitrogen and oxygen atoms in total. The molecule has 0 fully saturated rings. The van der Waals surface area contributed by atoms with Gasteiger partial charge in [-0.3, -0.25) is 4.57 Å². The maximum Gasteiger partial charge on any atom is 0.167 e. The topological polar surface area (TPSA) is 34.2 Å². The first-order valence-electron chi connectivity index (χ1n) is 9.80. The standard InChI is InChI=1S/C25H19N3O/c1-2-9-18(10-3-1)17-27-21-13-6-4-11-19(21)24-26-20-12-5-7-14-22(20)28(24)25(27)23-15-8-16-29-23/h1-16,25H,17H2/t25-/m0/s1. The number of rotatable bonds is 3. The van der Waals surface area contributed by atoms with Gasteiger partial charge in [-0.2, -0.15) is 0 Å². The Labute approximate surface area is 168 Å². The van der Waals surface area contributed by atoms with Gasteiger partial charge in [0.25, 0.3) is 0 Å². The van der Waals surface area contributed by atoms with Crippen LogP contribution >= 0.6 is 0 Å². The lowest BCUT2D eigenvalue weighted by atomic mass is 10.0. The summed E-state index contributed by atoms with van der Waals surface area (Å²) in [7, 11) is 0. The number of imidazole rings is 1. The first kappa shape index (κ1) is 16.2. The van der Waals surface area contributed by atoms with Crippen LogP contribution in [0, 0.1) is 0 Å². The summed E-state index contributed by atoms with van der Waals surface area (Å²) < 4.78 is 8.25.